The van der Waals surface area contributed by atoms with Crippen LogP contribution in [-0.2, 0) is 24.7 Å². The lowest BCUT2D eigenvalue weighted by atomic mass is 10.0. The van der Waals surface area contributed by atoms with Crippen LogP contribution in [-0.4, -0.2) is 38.1 Å². The van der Waals surface area contributed by atoms with E-state index in [0.717, 1.165) is 35.0 Å². The molecule has 1 aliphatic carbocycles. The number of hydroxylamine groups is 1. The number of phenols is 1. The van der Waals surface area contributed by atoms with Crippen LogP contribution in [0.1, 0.15) is 45.1 Å². The topological polar surface area (TPSA) is 94.8 Å². The van der Waals surface area contributed by atoms with Gasteiger partial charge in [-0.3, -0.25) is 14.8 Å². The third-order valence-corrected chi connectivity index (χ3v) is 7.10. The fraction of sp³-hybridized carbons (Fsp3) is 0.200. The Bertz CT molecular complexity index is 1490. The molecule has 1 aromatic heterocycles. The maximum atomic E-state index is 13.8. The van der Waals surface area contributed by atoms with E-state index in [1.807, 2.05) is 42.3 Å². The third kappa shape index (κ3) is 4.99. The lowest BCUT2D eigenvalue weighted by Gasteiger charge is -2.30. The minimum absolute atomic E-state index is 0.0679. The van der Waals surface area contributed by atoms with E-state index in [4.69, 9.17) is 5.21 Å². The number of aryl methyl sites for hydroxylation is 2. The zero-order valence-electron chi connectivity index (χ0n) is 20.6. The van der Waals surface area contributed by atoms with E-state index in [1.54, 1.807) is 35.8 Å². The molecular weight excluding hydrogens is 466 g/mol. The molecule has 1 unspecified atom stereocenters. The Kier molecular flexibility index (Phi) is 6.79. The predicted octanol–water partition coefficient (Wildman–Crippen LogP) is 4.77. The standard InChI is InChI=1S/C30H29N3O4/c1-32-19-23(25-4-2-3-5-27(25)32)16-17-33(30(36)21-8-11-24(34)12-9-21)28-14-10-22-18-20(6-13-26(22)28)7-15-29(35)31-37/h2-9,11-13,15,18-19,28,34,37H,10,14,16-17H2,1H3,(H,31,35). The van der Waals surface area contributed by atoms with Gasteiger partial charge in [-0.2, -0.15) is 0 Å². The number of hydrogen-bond acceptors (Lipinski definition) is 4. The van der Waals surface area contributed by atoms with Gasteiger partial charge >= 0.3 is 0 Å². The second-order valence-electron chi connectivity index (χ2n) is 9.40. The molecule has 0 saturated carbocycles. The fourth-order valence-corrected chi connectivity index (χ4v) is 5.29. The van der Waals surface area contributed by atoms with Gasteiger partial charge in [-0.05, 0) is 77.9 Å². The van der Waals surface area contributed by atoms with Gasteiger partial charge in [-0.1, -0.05) is 36.4 Å². The summed E-state index contributed by atoms with van der Waals surface area (Å²) in [6, 6.07) is 20.6. The number of nitrogens with one attached hydrogen (secondary N) is 1. The van der Waals surface area contributed by atoms with Crippen LogP contribution in [0.3, 0.4) is 0 Å². The van der Waals surface area contributed by atoms with Crippen LogP contribution in [0.5, 0.6) is 5.75 Å². The minimum Gasteiger partial charge on any atom is -0.508 e. The van der Waals surface area contributed by atoms with Gasteiger partial charge in [0.05, 0.1) is 6.04 Å². The van der Waals surface area contributed by atoms with Gasteiger partial charge in [0, 0.05) is 42.3 Å². The largest absolute Gasteiger partial charge is 0.508 e. The average molecular weight is 496 g/mol. The van der Waals surface area contributed by atoms with Crippen LogP contribution >= 0.6 is 0 Å². The number of rotatable bonds is 7. The normalized spacial score (nSPS) is 14.7. The highest BCUT2D eigenvalue weighted by Gasteiger charge is 2.31. The van der Waals surface area contributed by atoms with Gasteiger partial charge in [0.1, 0.15) is 5.75 Å². The Hall–Kier alpha value is -4.36. The van der Waals surface area contributed by atoms with Crippen molar-refractivity contribution in [2.75, 3.05) is 6.54 Å². The Balaban J connectivity index is 1.45. The van der Waals surface area contributed by atoms with Crippen molar-refractivity contribution >= 4 is 28.8 Å². The Morgan fingerprint density at radius 1 is 1.11 bits per heavy atom. The number of phenolic OH excluding ortho intramolecular Hbond substituents is 1. The Labute approximate surface area is 215 Å². The molecular formula is C30H29N3O4. The van der Waals surface area contributed by atoms with Gasteiger partial charge in [-0.15, -0.1) is 0 Å². The van der Waals surface area contributed by atoms with Gasteiger partial charge in [0.25, 0.3) is 11.8 Å². The molecule has 1 heterocycles. The smallest absolute Gasteiger partial charge is 0.267 e. The minimum atomic E-state index is -0.586. The van der Waals surface area contributed by atoms with E-state index in [-0.39, 0.29) is 17.7 Å². The summed E-state index contributed by atoms with van der Waals surface area (Å²) in [5.41, 5.74) is 7.60. The van der Waals surface area contributed by atoms with Crippen LogP contribution in [0, 0.1) is 0 Å². The summed E-state index contributed by atoms with van der Waals surface area (Å²) in [7, 11) is 2.04. The van der Waals surface area contributed by atoms with Gasteiger partial charge < -0.3 is 14.6 Å². The number of amides is 2. The molecule has 7 heteroatoms. The zero-order chi connectivity index (χ0) is 25.9. The maximum absolute atomic E-state index is 13.8. The van der Waals surface area contributed by atoms with Gasteiger partial charge in [0.2, 0.25) is 0 Å². The van der Waals surface area contributed by atoms with Crippen molar-refractivity contribution < 1.29 is 19.9 Å². The number of aromatic nitrogens is 1. The first-order valence-electron chi connectivity index (χ1n) is 12.3. The predicted molar refractivity (Wildman–Crippen MR) is 142 cm³/mol. The van der Waals surface area contributed by atoms with Crippen molar-refractivity contribution in [3.8, 4) is 5.75 Å². The third-order valence-electron chi connectivity index (χ3n) is 7.10. The second kappa shape index (κ2) is 10.3. The number of aromatic hydroxyl groups is 1. The number of hydrogen-bond donors (Lipinski definition) is 3. The highest BCUT2D eigenvalue weighted by Crippen LogP contribution is 2.38. The number of carbonyl (C=O) groups is 2. The summed E-state index contributed by atoms with van der Waals surface area (Å²) in [5, 5.41) is 19.6. The van der Waals surface area contributed by atoms with E-state index in [9.17, 15) is 14.7 Å². The molecule has 5 rings (SSSR count). The van der Waals surface area contributed by atoms with E-state index in [2.05, 4.69) is 22.9 Å². The molecule has 0 saturated heterocycles. The van der Waals surface area contributed by atoms with E-state index in [1.165, 1.54) is 17.0 Å². The van der Waals surface area contributed by atoms with E-state index < -0.39 is 5.91 Å². The fourth-order valence-electron chi connectivity index (χ4n) is 5.29. The maximum Gasteiger partial charge on any atom is 0.267 e. The molecule has 0 spiro atoms. The van der Waals surface area contributed by atoms with Crippen molar-refractivity contribution in [3.05, 3.63) is 107 Å². The van der Waals surface area contributed by atoms with E-state index >= 15 is 0 Å². The van der Waals surface area contributed by atoms with Crippen molar-refractivity contribution in [2.45, 2.75) is 25.3 Å². The molecule has 0 aliphatic heterocycles. The monoisotopic (exact) mass is 495 g/mol. The quantitative estimate of drug-likeness (QED) is 0.195. The summed E-state index contributed by atoms with van der Waals surface area (Å²) in [4.78, 5) is 27.1. The molecule has 1 aliphatic rings. The van der Waals surface area contributed by atoms with Crippen molar-refractivity contribution in [1.29, 1.82) is 0 Å². The van der Waals surface area contributed by atoms with Crippen molar-refractivity contribution in [3.63, 3.8) is 0 Å². The number of para-hydroxylation sites is 1. The Morgan fingerprint density at radius 2 is 1.89 bits per heavy atom. The number of carbonyl (C=O) groups excluding carboxylic acids is 2. The molecule has 4 aromatic rings. The summed E-state index contributed by atoms with van der Waals surface area (Å²) < 4.78 is 2.12. The average Bonchev–Trinajstić information content (AvgIpc) is 3.48. The summed E-state index contributed by atoms with van der Waals surface area (Å²) in [6.07, 6.45) is 7.41. The van der Waals surface area contributed by atoms with Crippen LogP contribution in [0.2, 0.25) is 0 Å². The summed E-state index contributed by atoms with van der Waals surface area (Å²) in [5.74, 6) is -0.528. The number of nitrogens with zero attached hydrogens (tertiary/aromatic N) is 2. The molecule has 188 valence electrons. The second-order valence-corrected chi connectivity index (χ2v) is 9.40. The Morgan fingerprint density at radius 3 is 2.68 bits per heavy atom. The highest BCUT2D eigenvalue weighted by molar-refractivity contribution is 5.95. The molecule has 0 fully saturated rings. The van der Waals surface area contributed by atoms with Crippen LogP contribution in [0.4, 0.5) is 0 Å². The first-order valence-corrected chi connectivity index (χ1v) is 12.3. The molecule has 3 aromatic carbocycles. The van der Waals surface area contributed by atoms with Gasteiger partial charge in [-0.25, -0.2) is 5.48 Å². The van der Waals surface area contributed by atoms with E-state index in [0.29, 0.717) is 18.5 Å². The number of benzene rings is 3. The van der Waals surface area contributed by atoms with Crippen LogP contribution in [0.15, 0.2) is 79.0 Å². The lowest BCUT2D eigenvalue weighted by Crippen LogP contribution is -2.35. The zero-order valence-corrected chi connectivity index (χ0v) is 20.6. The SMILES string of the molecule is Cn1cc(CCN(C(=O)c2ccc(O)cc2)C2CCc3cc(C=CC(=O)NO)ccc32)c2ccccc21. The molecule has 7 nitrogen and oxygen atoms in total. The molecule has 37 heavy (non-hydrogen) atoms. The summed E-state index contributed by atoms with van der Waals surface area (Å²) >= 11 is 0. The molecule has 0 radical (unpaired) electrons. The first-order chi connectivity index (χ1) is 17.9. The number of fused-ring (bicyclic) bond motifs is 2. The van der Waals surface area contributed by atoms with Crippen LogP contribution < -0.4 is 5.48 Å². The van der Waals surface area contributed by atoms with Crippen LogP contribution in [0.25, 0.3) is 17.0 Å². The lowest BCUT2D eigenvalue weighted by molar-refractivity contribution is -0.124. The molecule has 1 atom stereocenters. The first kappa shape index (κ1) is 24.3. The molecule has 2 amide bonds. The summed E-state index contributed by atoms with van der Waals surface area (Å²) in [6.45, 7) is 0.552. The van der Waals surface area contributed by atoms with Gasteiger partial charge in [0.15, 0.2) is 0 Å². The molecule has 3 N–H and O–H groups in total. The molecule has 0 bridgehead atoms. The van der Waals surface area contributed by atoms with Crippen molar-refractivity contribution in [1.82, 2.24) is 14.9 Å². The highest BCUT2D eigenvalue weighted by atomic mass is 16.5. The van der Waals surface area contributed by atoms with Crippen molar-refractivity contribution in [2.24, 2.45) is 7.05 Å².